The summed E-state index contributed by atoms with van der Waals surface area (Å²) in [6.07, 6.45) is 1.33. The van der Waals surface area contributed by atoms with Crippen LogP contribution in [0.3, 0.4) is 0 Å². The Hall–Kier alpha value is -3.68. The van der Waals surface area contributed by atoms with Gasteiger partial charge in [0.05, 0.1) is 11.7 Å². The number of hydrogen-bond donors (Lipinski definition) is 4. The first kappa shape index (κ1) is 18.1. The second-order valence-corrected chi connectivity index (χ2v) is 5.90. The van der Waals surface area contributed by atoms with Crippen LogP contribution in [0.15, 0.2) is 47.4 Å². The third-order valence-electron chi connectivity index (χ3n) is 3.96. The molecule has 0 saturated carbocycles. The summed E-state index contributed by atoms with van der Waals surface area (Å²) in [6, 6.07) is 10.5. The van der Waals surface area contributed by atoms with Crippen LogP contribution in [0.2, 0.25) is 0 Å². The molecule has 0 saturated heterocycles. The molecule has 2 aromatic heterocycles. The number of nitrogens with zero attached hydrogens (tertiary/aromatic N) is 1. The van der Waals surface area contributed by atoms with Crippen molar-refractivity contribution in [1.29, 1.82) is 0 Å². The number of pyridine rings is 2. The van der Waals surface area contributed by atoms with E-state index in [-0.39, 0.29) is 36.0 Å². The second-order valence-electron chi connectivity index (χ2n) is 5.90. The van der Waals surface area contributed by atoms with Gasteiger partial charge in [-0.1, -0.05) is 30.3 Å². The van der Waals surface area contributed by atoms with Crippen molar-refractivity contribution >= 4 is 22.7 Å². The van der Waals surface area contributed by atoms with E-state index in [2.05, 4.69) is 20.6 Å². The molecule has 4 N–H and O–H groups in total. The van der Waals surface area contributed by atoms with E-state index in [1.54, 1.807) is 24.3 Å². The smallest absolute Gasteiger partial charge is 0.273 e. The molecular formula is C19H18N4O4. The summed E-state index contributed by atoms with van der Waals surface area (Å²) >= 11 is 0. The fraction of sp³-hybridized carbons (Fsp3) is 0.158. The number of carbonyl (C=O) groups excluding carboxylic acids is 2. The standard InChI is InChI=1S/C19H18N4O4/c1-11(24)20-7-8-21-19(27)16-17(25)14-9-13(12-5-3-2-4-6-12)18(26)23-15(14)10-22-16/h2-6,9-10,25H,7-8H2,1H3,(H,20,24)(H,21,27)(H,23,26). The number of rotatable bonds is 5. The van der Waals surface area contributed by atoms with Crippen molar-refractivity contribution in [2.45, 2.75) is 6.92 Å². The summed E-state index contributed by atoms with van der Waals surface area (Å²) in [7, 11) is 0. The molecule has 0 aliphatic heterocycles. The van der Waals surface area contributed by atoms with Crippen LogP contribution in [0.5, 0.6) is 5.75 Å². The molecule has 0 atom stereocenters. The topological polar surface area (TPSA) is 124 Å². The van der Waals surface area contributed by atoms with Crippen molar-refractivity contribution in [2.75, 3.05) is 13.1 Å². The number of aromatic nitrogens is 2. The van der Waals surface area contributed by atoms with Crippen LogP contribution < -0.4 is 16.2 Å². The number of amides is 2. The Balaban J connectivity index is 1.94. The van der Waals surface area contributed by atoms with Gasteiger partial charge in [0.1, 0.15) is 0 Å². The van der Waals surface area contributed by atoms with Crippen LogP contribution in [-0.4, -0.2) is 40.0 Å². The average Bonchev–Trinajstić information content (AvgIpc) is 2.65. The number of aromatic hydroxyl groups is 1. The maximum absolute atomic E-state index is 12.3. The van der Waals surface area contributed by atoms with Gasteiger partial charge in [-0.05, 0) is 11.6 Å². The summed E-state index contributed by atoms with van der Waals surface area (Å²) in [4.78, 5) is 42.0. The molecule has 8 nitrogen and oxygen atoms in total. The third kappa shape index (κ3) is 3.95. The van der Waals surface area contributed by atoms with E-state index in [9.17, 15) is 19.5 Å². The minimum Gasteiger partial charge on any atom is -0.505 e. The van der Waals surface area contributed by atoms with E-state index in [1.807, 2.05) is 6.07 Å². The van der Waals surface area contributed by atoms with Gasteiger partial charge < -0.3 is 20.7 Å². The Morgan fingerprint density at radius 3 is 2.56 bits per heavy atom. The second kappa shape index (κ2) is 7.69. The molecule has 1 aromatic carbocycles. The molecule has 0 unspecified atom stereocenters. The number of hydrogen-bond acceptors (Lipinski definition) is 5. The molecule has 2 amide bonds. The van der Waals surface area contributed by atoms with E-state index in [4.69, 9.17) is 0 Å². The van der Waals surface area contributed by atoms with Gasteiger partial charge in [0.2, 0.25) is 5.91 Å². The lowest BCUT2D eigenvalue weighted by atomic mass is 10.0. The van der Waals surface area contributed by atoms with Crippen molar-refractivity contribution < 1.29 is 14.7 Å². The number of carbonyl (C=O) groups is 2. The van der Waals surface area contributed by atoms with Crippen LogP contribution in [0, 0.1) is 0 Å². The minimum atomic E-state index is -0.577. The monoisotopic (exact) mass is 366 g/mol. The maximum Gasteiger partial charge on any atom is 0.273 e. The zero-order valence-corrected chi connectivity index (χ0v) is 14.6. The number of nitrogens with one attached hydrogen (secondary N) is 3. The Labute approximate surface area is 154 Å². The van der Waals surface area contributed by atoms with E-state index < -0.39 is 5.91 Å². The van der Waals surface area contributed by atoms with Crippen molar-refractivity contribution in [1.82, 2.24) is 20.6 Å². The molecule has 8 heteroatoms. The highest BCUT2D eigenvalue weighted by Gasteiger charge is 2.17. The maximum atomic E-state index is 12.3. The highest BCUT2D eigenvalue weighted by Crippen LogP contribution is 2.28. The molecule has 0 aliphatic rings. The van der Waals surface area contributed by atoms with Gasteiger partial charge in [0.15, 0.2) is 11.4 Å². The molecule has 0 fully saturated rings. The Kier molecular flexibility index (Phi) is 5.16. The summed E-state index contributed by atoms with van der Waals surface area (Å²) in [5, 5.41) is 15.9. The number of benzene rings is 1. The molecule has 0 radical (unpaired) electrons. The molecule has 3 aromatic rings. The molecule has 2 heterocycles. The van der Waals surface area contributed by atoms with Gasteiger partial charge in [-0.2, -0.15) is 0 Å². The first-order chi connectivity index (χ1) is 13.0. The van der Waals surface area contributed by atoms with Crippen LogP contribution in [0.4, 0.5) is 0 Å². The summed E-state index contributed by atoms with van der Waals surface area (Å²) in [6.45, 7) is 1.84. The molecule has 0 bridgehead atoms. The van der Waals surface area contributed by atoms with Crippen molar-refractivity contribution in [3.05, 3.63) is 58.6 Å². The predicted octanol–water partition coefficient (Wildman–Crippen LogP) is 1.16. The van der Waals surface area contributed by atoms with Gasteiger partial charge >= 0.3 is 0 Å². The van der Waals surface area contributed by atoms with E-state index in [0.717, 1.165) is 0 Å². The summed E-state index contributed by atoms with van der Waals surface area (Å²) < 4.78 is 0. The Morgan fingerprint density at radius 1 is 1.15 bits per heavy atom. The van der Waals surface area contributed by atoms with E-state index in [0.29, 0.717) is 22.0 Å². The Bertz CT molecular complexity index is 1060. The van der Waals surface area contributed by atoms with Gasteiger partial charge in [0.25, 0.3) is 11.5 Å². The zero-order chi connectivity index (χ0) is 19.4. The number of aromatic amines is 1. The summed E-state index contributed by atoms with van der Waals surface area (Å²) in [5.74, 6) is -1.10. The van der Waals surface area contributed by atoms with Gasteiger partial charge in [-0.15, -0.1) is 0 Å². The van der Waals surface area contributed by atoms with Crippen molar-refractivity contribution in [2.24, 2.45) is 0 Å². The molecule has 138 valence electrons. The summed E-state index contributed by atoms with van der Waals surface area (Å²) in [5.41, 5.74) is 0.922. The molecular weight excluding hydrogens is 348 g/mol. The first-order valence-electron chi connectivity index (χ1n) is 8.30. The lowest BCUT2D eigenvalue weighted by molar-refractivity contribution is -0.118. The first-order valence-corrected chi connectivity index (χ1v) is 8.30. The zero-order valence-electron chi connectivity index (χ0n) is 14.6. The lowest BCUT2D eigenvalue weighted by Gasteiger charge is -2.09. The SMILES string of the molecule is CC(=O)NCCNC(=O)c1ncc2[nH]c(=O)c(-c3ccccc3)cc2c1O. The fourth-order valence-electron chi connectivity index (χ4n) is 2.66. The quantitative estimate of drug-likeness (QED) is 0.505. The van der Waals surface area contributed by atoms with Crippen LogP contribution >= 0.6 is 0 Å². The number of fused-ring (bicyclic) bond motifs is 1. The van der Waals surface area contributed by atoms with Crippen molar-refractivity contribution in [3.63, 3.8) is 0 Å². The van der Waals surface area contributed by atoms with Gasteiger partial charge in [0, 0.05) is 31.0 Å². The Morgan fingerprint density at radius 2 is 1.85 bits per heavy atom. The predicted molar refractivity (Wildman–Crippen MR) is 100 cm³/mol. The van der Waals surface area contributed by atoms with E-state index in [1.165, 1.54) is 19.2 Å². The van der Waals surface area contributed by atoms with Crippen LogP contribution in [0.1, 0.15) is 17.4 Å². The van der Waals surface area contributed by atoms with E-state index >= 15 is 0 Å². The minimum absolute atomic E-state index is 0.156. The molecule has 0 spiro atoms. The fourth-order valence-corrected chi connectivity index (χ4v) is 2.66. The third-order valence-corrected chi connectivity index (χ3v) is 3.96. The van der Waals surface area contributed by atoms with Crippen LogP contribution in [-0.2, 0) is 4.79 Å². The average molecular weight is 366 g/mol. The van der Waals surface area contributed by atoms with Crippen molar-refractivity contribution in [3.8, 4) is 16.9 Å². The van der Waals surface area contributed by atoms with Crippen LogP contribution in [0.25, 0.3) is 22.0 Å². The lowest BCUT2D eigenvalue weighted by Crippen LogP contribution is -2.34. The van der Waals surface area contributed by atoms with Gasteiger partial charge in [-0.25, -0.2) is 4.98 Å². The highest BCUT2D eigenvalue weighted by molar-refractivity contribution is 6.01. The molecule has 27 heavy (non-hydrogen) atoms. The molecule has 3 rings (SSSR count). The largest absolute Gasteiger partial charge is 0.505 e. The molecule has 0 aliphatic carbocycles. The van der Waals surface area contributed by atoms with Gasteiger partial charge in [-0.3, -0.25) is 14.4 Å². The highest BCUT2D eigenvalue weighted by atomic mass is 16.3. The number of H-pyrrole nitrogens is 1. The normalized spacial score (nSPS) is 10.6.